The molecule has 0 radical (unpaired) electrons. The maximum absolute atomic E-state index is 10.6. The first-order valence-corrected chi connectivity index (χ1v) is 4.91. The molecule has 0 bridgehead atoms. The van der Waals surface area contributed by atoms with Crippen molar-refractivity contribution < 1.29 is 19.6 Å². The summed E-state index contributed by atoms with van der Waals surface area (Å²) in [5.74, 6) is -1.91. The third kappa shape index (κ3) is 2.89. The number of nitro groups is 1. The van der Waals surface area contributed by atoms with Crippen LogP contribution in [-0.2, 0) is 4.79 Å². The van der Waals surface area contributed by atoms with Gasteiger partial charge in [-0.25, -0.2) is 4.79 Å². The largest absolute Gasteiger partial charge is 0.479 e. The second kappa shape index (κ2) is 4.88. The van der Waals surface area contributed by atoms with Gasteiger partial charge in [-0.3, -0.25) is 0 Å². The van der Waals surface area contributed by atoms with Gasteiger partial charge in [0.25, 0.3) is 0 Å². The van der Waals surface area contributed by atoms with Gasteiger partial charge in [-0.15, -0.1) is 0 Å². The molecule has 1 atom stereocenters. The van der Waals surface area contributed by atoms with Gasteiger partial charge < -0.3 is 20.0 Å². The van der Waals surface area contributed by atoms with Gasteiger partial charge in [-0.2, -0.15) is 0 Å². The Morgan fingerprint density at radius 3 is 2.81 bits per heavy atom. The molecular weight excluding hydrogens is 284 g/mol. The molecule has 1 rings (SSSR count). The summed E-state index contributed by atoms with van der Waals surface area (Å²) in [4.78, 5) is 24.0. The number of rotatable bonds is 4. The molecule has 1 unspecified atom stereocenters. The summed E-state index contributed by atoms with van der Waals surface area (Å²) in [6, 6.07) is 2.71. The summed E-state index contributed by atoms with van der Waals surface area (Å²) in [5.41, 5.74) is 0. The maximum Gasteiger partial charge on any atom is 0.407 e. The Bertz CT molecular complexity index is 436. The molecule has 86 valence electrons. The molecule has 8 heteroatoms. The molecular formula is C8H7BrN2O5. The molecule has 1 N–H and O–H groups in total. The first kappa shape index (κ1) is 12.4. The van der Waals surface area contributed by atoms with Crippen molar-refractivity contribution in [2.75, 3.05) is 0 Å². The van der Waals surface area contributed by atoms with Crippen LogP contribution in [0.3, 0.4) is 0 Å². The van der Waals surface area contributed by atoms with Gasteiger partial charge in [0.1, 0.15) is 0 Å². The number of hydrogen-bond donors (Lipinski definition) is 1. The van der Waals surface area contributed by atoms with E-state index in [1.54, 1.807) is 0 Å². The number of carbonyl (C=O) groups is 1. The topological polar surface area (TPSA) is 103 Å². The van der Waals surface area contributed by atoms with E-state index in [0.29, 0.717) is 0 Å². The van der Waals surface area contributed by atoms with Gasteiger partial charge in [0.2, 0.25) is 10.4 Å². The fourth-order valence-corrected chi connectivity index (χ4v) is 1.18. The summed E-state index contributed by atoms with van der Waals surface area (Å²) in [5, 5.41) is 19.2. The zero-order valence-electron chi connectivity index (χ0n) is 8.08. The molecule has 0 fully saturated rings. The van der Waals surface area contributed by atoms with Crippen molar-refractivity contribution in [1.29, 1.82) is 0 Å². The molecule has 1 aromatic heterocycles. The van der Waals surface area contributed by atoms with Crippen LogP contribution in [0.2, 0.25) is 0 Å². The molecule has 7 nitrogen and oxygen atoms in total. The van der Waals surface area contributed by atoms with Crippen molar-refractivity contribution in [1.82, 2.24) is 4.98 Å². The fourth-order valence-electron chi connectivity index (χ4n) is 0.876. The number of aliphatic carboxylic acids is 1. The van der Waals surface area contributed by atoms with Crippen molar-refractivity contribution in [3.05, 3.63) is 26.9 Å². The minimum atomic E-state index is -1.21. The summed E-state index contributed by atoms with van der Waals surface area (Å²) in [6.45, 7) is 1.27. The minimum absolute atomic E-state index is 0.178. The summed E-state index contributed by atoms with van der Waals surface area (Å²) >= 11 is 2.97. The van der Waals surface area contributed by atoms with E-state index in [0.717, 1.165) is 0 Å². The van der Waals surface area contributed by atoms with Gasteiger partial charge >= 0.3 is 11.8 Å². The van der Waals surface area contributed by atoms with E-state index < -0.39 is 22.8 Å². The molecule has 0 saturated carbocycles. The summed E-state index contributed by atoms with van der Waals surface area (Å²) < 4.78 is 5.17. The lowest BCUT2D eigenvalue weighted by atomic mass is 10.4. The van der Waals surface area contributed by atoms with Crippen LogP contribution in [0.1, 0.15) is 6.92 Å². The number of carboxylic acid groups (broad SMARTS) is 1. The van der Waals surface area contributed by atoms with E-state index >= 15 is 0 Å². The molecule has 0 amide bonds. The molecule has 16 heavy (non-hydrogen) atoms. The average molecular weight is 291 g/mol. The highest BCUT2D eigenvalue weighted by molar-refractivity contribution is 9.10. The normalized spacial score (nSPS) is 11.9. The van der Waals surface area contributed by atoms with Gasteiger partial charge in [-0.1, -0.05) is 0 Å². The molecule has 0 aromatic carbocycles. The van der Waals surface area contributed by atoms with E-state index in [2.05, 4.69) is 20.9 Å². The van der Waals surface area contributed by atoms with Gasteiger partial charge in [0.05, 0.1) is 0 Å². The molecule has 0 aliphatic rings. The first-order valence-electron chi connectivity index (χ1n) is 4.12. The third-order valence-electron chi connectivity index (χ3n) is 1.63. The Labute approximate surface area is 98.3 Å². The number of pyridine rings is 1. The number of ether oxygens (including phenoxy) is 1. The smallest absolute Gasteiger partial charge is 0.407 e. The zero-order valence-corrected chi connectivity index (χ0v) is 9.67. The molecule has 1 heterocycles. The number of nitrogens with zero attached hydrogens (tertiary/aromatic N) is 2. The van der Waals surface area contributed by atoms with Crippen molar-refractivity contribution >= 4 is 27.7 Å². The third-order valence-corrected chi connectivity index (χ3v) is 2.07. The highest BCUT2D eigenvalue weighted by Gasteiger charge is 2.22. The first-order chi connectivity index (χ1) is 7.41. The lowest BCUT2D eigenvalue weighted by Crippen LogP contribution is -2.23. The number of carboxylic acids is 1. The SMILES string of the molecule is CC(Oc1ccc(Br)nc1[N+](=O)[O-])C(=O)O. The van der Waals surface area contributed by atoms with Gasteiger partial charge in [0.15, 0.2) is 6.10 Å². The van der Waals surface area contributed by atoms with E-state index in [9.17, 15) is 14.9 Å². The van der Waals surface area contributed by atoms with Crippen LogP contribution in [0.5, 0.6) is 5.75 Å². The zero-order chi connectivity index (χ0) is 12.3. The van der Waals surface area contributed by atoms with E-state index in [1.807, 2.05) is 0 Å². The van der Waals surface area contributed by atoms with Crippen LogP contribution in [-0.4, -0.2) is 27.1 Å². The van der Waals surface area contributed by atoms with Crippen LogP contribution >= 0.6 is 15.9 Å². The standard InChI is InChI=1S/C8H7BrN2O5/c1-4(8(12)13)16-5-2-3-6(9)10-7(5)11(14)15/h2-4H,1H3,(H,12,13). The highest BCUT2D eigenvalue weighted by atomic mass is 79.9. The molecule has 0 saturated heterocycles. The Hall–Kier alpha value is -1.70. The van der Waals surface area contributed by atoms with Gasteiger partial charge in [-0.05, 0) is 22.9 Å². The van der Waals surface area contributed by atoms with Crippen molar-refractivity contribution in [2.24, 2.45) is 0 Å². The monoisotopic (exact) mass is 290 g/mol. The Morgan fingerprint density at radius 2 is 2.31 bits per heavy atom. The lowest BCUT2D eigenvalue weighted by molar-refractivity contribution is -0.390. The number of aromatic nitrogens is 1. The predicted octanol–water partition coefficient (Wildman–Crippen LogP) is 1.60. The molecule has 1 aromatic rings. The van der Waals surface area contributed by atoms with Crippen LogP contribution in [0.4, 0.5) is 5.82 Å². The van der Waals surface area contributed by atoms with E-state index in [1.165, 1.54) is 19.1 Å². The quantitative estimate of drug-likeness (QED) is 0.513. The Balaban J connectivity index is 3.04. The average Bonchev–Trinajstić information content (AvgIpc) is 2.20. The van der Waals surface area contributed by atoms with Crippen LogP contribution < -0.4 is 4.74 Å². The molecule has 0 spiro atoms. The van der Waals surface area contributed by atoms with E-state index in [-0.39, 0.29) is 10.4 Å². The summed E-state index contributed by atoms with van der Waals surface area (Å²) in [6.07, 6.45) is -1.18. The maximum atomic E-state index is 10.6. The van der Waals surface area contributed by atoms with Crippen molar-refractivity contribution in [3.8, 4) is 5.75 Å². The minimum Gasteiger partial charge on any atom is -0.479 e. The second-order valence-corrected chi connectivity index (χ2v) is 3.62. The van der Waals surface area contributed by atoms with E-state index in [4.69, 9.17) is 9.84 Å². The van der Waals surface area contributed by atoms with Crippen LogP contribution in [0, 0.1) is 10.1 Å². The Kier molecular flexibility index (Phi) is 3.78. The molecule has 0 aliphatic carbocycles. The van der Waals surface area contributed by atoms with Crippen molar-refractivity contribution in [3.63, 3.8) is 0 Å². The second-order valence-electron chi connectivity index (χ2n) is 2.81. The van der Waals surface area contributed by atoms with Crippen LogP contribution in [0.25, 0.3) is 0 Å². The highest BCUT2D eigenvalue weighted by Crippen LogP contribution is 2.27. The fraction of sp³-hybridized carbons (Fsp3) is 0.250. The lowest BCUT2D eigenvalue weighted by Gasteiger charge is -2.09. The predicted molar refractivity (Wildman–Crippen MR) is 56.3 cm³/mol. The van der Waals surface area contributed by atoms with Crippen molar-refractivity contribution in [2.45, 2.75) is 13.0 Å². The van der Waals surface area contributed by atoms with Gasteiger partial charge in [0, 0.05) is 22.0 Å². The summed E-state index contributed by atoms with van der Waals surface area (Å²) in [7, 11) is 0. The number of hydrogen-bond acceptors (Lipinski definition) is 5. The molecule has 0 aliphatic heterocycles. The van der Waals surface area contributed by atoms with Crippen LogP contribution in [0.15, 0.2) is 16.7 Å². The Morgan fingerprint density at radius 1 is 1.69 bits per heavy atom. The number of halogens is 1.